The van der Waals surface area contributed by atoms with Gasteiger partial charge in [-0.2, -0.15) is 13.2 Å². The molecule has 1 aromatic rings. The number of halogens is 4. The predicted molar refractivity (Wildman–Crippen MR) is 44.0 cm³/mol. The van der Waals surface area contributed by atoms with Crippen molar-refractivity contribution in [2.24, 2.45) is 0 Å². The Morgan fingerprint density at radius 2 is 2.07 bits per heavy atom. The fraction of sp³-hybridized carbons (Fsp3) is 0.143. The molecule has 0 spiro atoms. The van der Waals surface area contributed by atoms with Crippen molar-refractivity contribution in [3.8, 4) is 0 Å². The summed E-state index contributed by atoms with van der Waals surface area (Å²) >= 11 is 5.37. The number of rotatable bonds is 1. The minimum Gasteiger partial charge on any atom is -0.383 e. The van der Waals surface area contributed by atoms with Crippen LogP contribution in [0, 0.1) is 0 Å². The van der Waals surface area contributed by atoms with E-state index in [1.807, 2.05) is 0 Å². The highest BCUT2D eigenvalue weighted by atomic mass is 35.5. The third-order valence-corrected chi connectivity index (χ3v) is 1.59. The topological polar surface area (TPSA) is 56.0 Å². The minimum atomic E-state index is -4.97. The molecule has 3 nitrogen and oxygen atoms in total. The summed E-state index contributed by atoms with van der Waals surface area (Å²) < 4.78 is 35.9. The van der Waals surface area contributed by atoms with Crippen LogP contribution in [0.2, 0.25) is 5.02 Å². The average molecular weight is 225 g/mol. The summed E-state index contributed by atoms with van der Waals surface area (Å²) in [6, 6.07) is 0.833. The number of carbonyl (C=O) groups is 1. The molecule has 0 saturated heterocycles. The fourth-order valence-corrected chi connectivity index (χ4v) is 0.942. The van der Waals surface area contributed by atoms with Crippen LogP contribution in [-0.2, 0) is 0 Å². The Labute approximate surface area is 81.7 Å². The van der Waals surface area contributed by atoms with E-state index in [0.29, 0.717) is 0 Å². The number of ketones is 1. The van der Waals surface area contributed by atoms with Crippen LogP contribution in [0.1, 0.15) is 10.4 Å². The molecule has 0 fully saturated rings. The fourth-order valence-electron chi connectivity index (χ4n) is 0.784. The molecule has 0 amide bonds. The lowest BCUT2D eigenvalue weighted by Crippen LogP contribution is -2.24. The first-order chi connectivity index (χ1) is 6.32. The largest absolute Gasteiger partial charge is 0.455 e. The molecule has 14 heavy (non-hydrogen) atoms. The van der Waals surface area contributed by atoms with Crippen molar-refractivity contribution in [1.29, 1.82) is 0 Å². The van der Waals surface area contributed by atoms with E-state index in [2.05, 4.69) is 4.98 Å². The molecule has 76 valence electrons. The quantitative estimate of drug-likeness (QED) is 0.743. The van der Waals surface area contributed by atoms with Crippen LogP contribution < -0.4 is 5.73 Å². The SMILES string of the molecule is Nc1ncc(Cl)cc1C(=O)C(F)(F)F. The number of nitrogen functional groups attached to an aromatic ring is 1. The number of nitrogens with two attached hydrogens (primary N) is 1. The van der Waals surface area contributed by atoms with Gasteiger partial charge in [0.05, 0.1) is 10.6 Å². The number of hydrogen-bond acceptors (Lipinski definition) is 3. The van der Waals surface area contributed by atoms with Gasteiger partial charge < -0.3 is 5.73 Å². The second-order valence-electron chi connectivity index (χ2n) is 2.41. The van der Waals surface area contributed by atoms with Gasteiger partial charge >= 0.3 is 6.18 Å². The minimum absolute atomic E-state index is 0.0770. The summed E-state index contributed by atoms with van der Waals surface area (Å²) in [4.78, 5) is 14.1. The molecule has 2 N–H and O–H groups in total. The third kappa shape index (κ3) is 2.14. The summed E-state index contributed by atoms with van der Waals surface area (Å²) in [5.41, 5.74) is 4.36. The first kappa shape index (κ1) is 10.8. The number of hydrogen-bond donors (Lipinski definition) is 1. The van der Waals surface area contributed by atoms with E-state index in [1.54, 1.807) is 0 Å². The van der Waals surface area contributed by atoms with Gasteiger partial charge in [0.1, 0.15) is 5.82 Å². The van der Waals surface area contributed by atoms with Crippen LogP contribution >= 0.6 is 11.6 Å². The van der Waals surface area contributed by atoms with Crippen LogP contribution in [0.4, 0.5) is 19.0 Å². The van der Waals surface area contributed by atoms with E-state index in [-0.39, 0.29) is 5.02 Å². The normalized spacial score (nSPS) is 11.4. The van der Waals surface area contributed by atoms with Crippen molar-refractivity contribution in [3.05, 3.63) is 22.8 Å². The molecule has 0 aromatic carbocycles. The molecule has 1 heterocycles. The zero-order chi connectivity index (χ0) is 10.9. The van der Waals surface area contributed by atoms with E-state index in [4.69, 9.17) is 17.3 Å². The summed E-state index contributed by atoms with van der Waals surface area (Å²) in [6.45, 7) is 0. The second-order valence-corrected chi connectivity index (χ2v) is 2.85. The standard InChI is InChI=1S/C7H4ClF3N2O/c8-3-1-4(6(12)13-2-3)5(14)7(9,10)11/h1-2H,(H2,12,13). The van der Waals surface area contributed by atoms with Gasteiger partial charge in [0.15, 0.2) is 0 Å². The number of aromatic nitrogens is 1. The molecular formula is C7H4ClF3N2O. The molecule has 1 aromatic heterocycles. The molecule has 0 saturated carbocycles. The smallest absolute Gasteiger partial charge is 0.383 e. The third-order valence-electron chi connectivity index (χ3n) is 1.39. The van der Waals surface area contributed by atoms with Crippen LogP contribution in [-0.4, -0.2) is 16.9 Å². The summed E-state index contributed by atoms with van der Waals surface area (Å²) in [5.74, 6) is -2.54. The van der Waals surface area contributed by atoms with Crippen molar-refractivity contribution in [2.75, 3.05) is 5.73 Å². The van der Waals surface area contributed by atoms with Gasteiger partial charge in [-0.3, -0.25) is 4.79 Å². The van der Waals surface area contributed by atoms with Gasteiger partial charge in [-0.15, -0.1) is 0 Å². The van der Waals surface area contributed by atoms with E-state index < -0.39 is 23.3 Å². The first-order valence-corrected chi connectivity index (χ1v) is 3.72. The Balaban J connectivity index is 3.19. The second kappa shape index (κ2) is 3.45. The van der Waals surface area contributed by atoms with Gasteiger partial charge in [0.2, 0.25) is 0 Å². The first-order valence-electron chi connectivity index (χ1n) is 3.35. The van der Waals surface area contributed by atoms with E-state index in [9.17, 15) is 18.0 Å². The number of carbonyl (C=O) groups excluding carboxylic acids is 1. The molecule has 0 atom stereocenters. The highest BCUT2D eigenvalue weighted by Gasteiger charge is 2.40. The lowest BCUT2D eigenvalue weighted by Gasteiger charge is -2.06. The number of pyridine rings is 1. The maximum atomic E-state index is 12.0. The lowest BCUT2D eigenvalue weighted by atomic mass is 10.1. The zero-order valence-electron chi connectivity index (χ0n) is 6.60. The molecule has 0 aliphatic carbocycles. The van der Waals surface area contributed by atoms with Gasteiger partial charge in [-0.1, -0.05) is 11.6 Å². The predicted octanol–water partition coefficient (Wildman–Crippen LogP) is 2.06. The monoisotopic (exact) mass is 224 g/mol. The maximum Gasteiger partial charge on any atom is 0.455 e. The molecule has 1 rings (SSSR count). The Hall–Kier alpha value is -1.30. The molecule has 0 aliphatic rings. The summed E-state index contributed by atoms with van der Waals surface area (Å²) in [7, 11) is 0. The van der Waals surface area contributed by atoms with Crippen molar-refractivity contribution >= 4 is 23.2 Å². The highest BCUT2D eigenvalue weighted by molar-refractivity contribution is 6.31. The van der Waals surface area contributed by atoms with Crippen LogP contribution in [0.15, 0.2) is 12.3 Å². The number of nitrogens with zero attached hydrogens (tertiary/aromatic N) is 1. The van der Waals surface area contributed by atoms with Gasteiger partial charge in [-0.05, 0) is 6.07 Å². The van der Waals surface area contributed by atoms with Crippen LogP contribution in [0.3, 0.4) is 0 Å². The number of alkyl halides is 3. The summed E-state index contributed by atoms with van der Waals surface area (Å²) in [6.07, 6.45) is -3.91. The Morgan fingerprint density at radius 3 is 2.57 bits per heavy atom. The van der Waals surface area contributed by atoms with Crippen molar-refractivity contribution in [1.82, 2.24) is 4.98 Å². The van der Waals surface area contributed by atoms with E-state index in [1.165, 1.54) is 0 Å². The number of anilines is 1. The Kier molecular flexibility index (Phi) is 2.66. The van der Waals surface area contributed by atoms with Crippen molar-refractivity contribution < 1.29 is 18.0 Å². The zero-order valence-corrected chi connectivity index (χ0v) is 7.36. The highest BCUT2D eigenvalue weighted by Crippen LogP contribution is 2.25. The van der Waals surface area contributed by atoms with Crippen LogP contribution in [0.5, 0.6) is 0 Å². The molecule has 7 heteroatoms. The molecule has 0 radical (unpaired) electrons. The number of Topliss-reactive ketones (excluding diaryl/α,β-unsaturated/α-hetero) is 1. The van der Waals surface area contributed by atoms with Crippen molar-refractivity contribution in [2.45, 2.75) is 6.18 Å². The van der Waals surface area contributed by atoms with Gasteiger partial charge in [0.25, 0.3) is 5.78 Å². The van der Waals surface area contributed by atoms with E-state index in [0.717, 1.165) is 12.3 Å². The maximum absolute atomic E-state index is 12.0. The van der Waals surface area contributed by atoms with Gasteiger partial charge in [0, 0.05) is 6.20 Å². The Bertz CT molecular complexity index is 378. The molecular weight excluding hydrogens is 221 g/mol. The van der Waals surface area contributed by atoms with Gasteiger partial charge in [-0.25, -0.2) is 4.98 Å². The average Bonchev–Trinajstić information content (AvgIpc) is 2.06. The molecule has 0 bridgehead atoms. The molecule has 0 aliphatic heterocycles. The Morgan fingerprint density at radius 1 is 1.50 bits per heavy atom. The summed E-state index contributed by atoms with van der Waals surface area (Å²) in [5, 5.41) is -0.0770. The lowest BCUT2D eigenvalue weighted by molar-refractivity contribution is -0.0884. The molecule has 0 unspecified atom stereocenters. The van der Waals surface area contributed by atoms with E-state index >= 15 is 0 Å². The van der Waals surface area contributed by atoms with Crippen molar-refractivity contribution in [3.63, 3.8) is 0 Å². The van der Waals surface area contributed by atoms with Crippen LogP contribution in [0.25, 0.3) is 0 Å².